The number of carbonyl (C=O) groups excluding carboxylic acids is 1. The highest BCUT2D eigenvalue weighted by Gasteiger charge is 2.45. The van der Waals surface area contributed by atoms with E-state index in [0.29, 0.717) is 18.4 Å². The third kappa shape index (κ3) is 3.66. The molecular formula is C21H30N4O2. The van der Waals surface area contributed by atoms with Crippen LogP contribution >= 0.6 is 0 Å². The van der Waals surface area contributed by atoms with Gasteiger partial charge in [0.2, 0.25) is 5.91 Å². The zero-order valence-electron chi connectivity index (χ0n) is 16.8. The first-order chi connectivity index (χ1) is 12.8. The van der Waals surface area contributed by atoms with Gasteiger partial charge in [0.25, 0.3) is 0 Å². The molecule has 2 aromatic heterocycles. The number of aromatic nitrogens is 3. The molecule has 2 bridgehead atoms. The molecule has 4 rings (SSSR count). The number of aryl methyl sites for hydroxylation is 2. The maximum absolute atomic E-state index is 13.1. The van der Waals surface area contributed by atoms with Crippen molar-refractivity contribution in [3.05, 3.63) is 29.4 Å². The van der Waals surface area contributed by atoms with Crippen molar-refractivity contribution in [1.29, 1.82) is 0 Å². The minimum atomic E-state index is -0.266. The van der Waals surface area contributed by atoms with Crippen LogP contribution in [0.2, 0.25) is 0 Å². The summed E-state index contributed by atoms with van der Waals surface area (Å²) in [6.07, 6.45) is 9.48. The summed E-state index contributed by atoms with van der Waals surface area (Å²) in [6.45, 7) is 8.93. The monoisotopic (exact) mass is 370 g/mol. The molecule has 2 fully saturated rings. The number of nitrogens with zero attached hydrogens (tertiary/aromatic N) is 3. The first-order valence-electron chi connectivity index (χ1n) is 10.1. The molecule has 146 valence electrons. The highest BCUT2D eigenvalue weighted by molar-refractivity contribution is 5.95. The molecule has 2 heterocycles. The quantitative estimate of drug-likeness (QED) is 0.869. The Morgan fingerprint density at radius 1 is 1.30 bits per heavy atom. The van der Waals surface area contributed by atoms with E-state index in [2.05, 4.69) is 29.4 Å². The molecule has 2 saturated carbocycles. The lowest BCUT2D eigenvalue weighted by Gasteiger charge is -2.46. The Balaban J connectivity index is 1.42. The van der Waals surface area contributed by atoms with Crippen LogP contribution in [0.3, 0.4) is 0 Å². The van der Waals surface area contributed by atoms with Crippen molar-refractivity contribution in [2.24, 2.45) is 23.2 Å². The number of amides is 1. The molecular weight excluding hydrogens is 340 g/mol. The SMILES string of the molecule is Cc1noc(C)c1Cn1cc(NC(=O)C2(C)CC3CC(C)CC(C3)C2)cn1. The van der Waals surface area contributed by atoms with Gasteiger partial charge in [0.1, 0.15) is 5.76 Å². The van der Waals surface area contributed by atoms with Gasteiger partial charge in [-0.2, -0.15) is 5.10 Å². The van der Waals surface area contributed by atoms with Gasteiger partial charge in [-0.15, -0.1) is 0 Å². The Labute approximate surface area is 160 Å². The Bertz CT molecular complexity index is 800. The lowest BCUT2D eigenvalue weighted by Crippen LogP contribution is -2.43. The van der Waals surface area contributed by atoms with Crippen molar-refractivity contribution < 1.29 is 9.32 Å². The second kappa shape index (κ2) is 6.80. The van der Waals surface area contributed by atoms with Crippen molar-refractivity contribution in [2.45, 2.75) is 66.3 Å². The van der Waals surface area contributed by atoms with Crippen LogP contribution in [0, 0.1) is 37.0 Å². The number of fused-ring (bicyclic) bond motifs is 2. The van der Waals surface area contributed by atoms with E-state index in [0.717, 1.165) is 41.5 Å². The van der Waals surface area contributed by atoms with Crippen LogP contribution in [0.1, 0.15) is 63.0 Å². The zero-order chi connectivity index (χ0) is 19.2. The molecule has 27 heavy (non-hydrogen) atoms. The molecule has 6 heteroatoms. The largest absolute Gasteiger partial charge is 0.361 e. The van der Waals surface area contributed by atoms with Gasteiger partial charge in [-0.1, -0.05) is 19.0 Å². The van der Waals surface area contributed by atoms with E-state index in [1.54, 1.807) is 6.20 Å². The van der Waals surface area contributed by atoms with E-state index in [9.17, 15) is 4.79 Å². The second-order valence-corrected chi connectivity index (χ2v) is 9.20. The Morgan fingerprint density at radius 2 is 2.00 bits per heavy atom. The molecule has 1 N–H and O–H groups in total. The van der Waals surface area contributed by atoms with Crippen LogP contribution in [0.5, 0.6) is 0 Å². The summed E-state index contributed by atoms with van der Waals surface area (Å²) in [5.41, 5.74) is 2.41. The Hall–Kier alpha value is -2.11. The molecule has 2 unspecified atom stereocenters. The summed E-state index contributed by atoms with van der Waals surface area (Å²) in [7, 11) is 0. The van der Waals surface area contributed by atoms with Crippen LogP contribution in [-0.4, -0.2) is 20.8 Å². The highest BCUT2D eigenvalue weighted by atomic mass is 16.5. The van der Waals surface area contributed by atoms with E-state index < -0.39 is 0 Å². The lowest BCUT2D eigenvalue weighted by atomic mass is 9.59. The summed E-state index contributed by atoms with van der Waals surface area (Å²) in [6, 6.07) is 0. The highest BCUT2D eigenvalue weighted by Crippen LogP contribution is 2.50. The number of hydrogen-bond acceptors (Lipinski definition) is 4. The number of nitrogens with one attached hydrogen (secondary N) is 1. The van der Waals surface area contributed by atoms with E-state index in [4.69, 9.17) is 4.52 Å². The van der Waals surface area contributed by atoms with Crippen molar-refractivity contribution in [1.82, 2.24) is 14.9 Å². The summed E-state index contributed by atoms with van der Waals surface area (Å²) in [5, 5.41) is 11.5. The first-order valence-corrected chi connectivity index (χ1v) is 10.1. The summed E-state index contributed by atoms with van der Waals surface area (Å²) in [5.74, 6) is 3.16. The topological polar surface area (TPSA) is 73.0 Å². The van der Waals surface area contributed by atoms with Gasteiger partial charge in [0, 0.05) is 17.2 Å². The smallest absolute Gasteiger partial charge is 0.230 e. The molecule has 1 amide bonds. The molecule has 2 aliphatic carbocycles. The van der Waals surface area contributed by atoms with Crippen LogP contribution in [0.4, 0.5) is 5.69 Å². The normalized spacial score (nSPS) is 30.3. The molecule has 0 aromatic carbocycles. The molecule has 2 aromatic rings. The number of rotatable bonds is 4. The van der Waals surface area contributed by atoms with Gasteiger partial charge in [-0.05, 0) is 63.7 Å². The molecule has 0 radical (unpaired) electrons. The van der Waals surface area contributed by atoms with Crippen molar-refractivity contribution >= 4 is 11.6 Å². The van der Waals surface area contributed by atoms with E-state index >= 15 is 0 Å². The zero-order valence-corrected chi connectivity index (χ0v) is 16.8. The van der Waals surface area contributed by atoms with Crippen LogP contribution in [-0.2, 0) is 11.3 Å². The average molecular weight is 370 g/mol. The van der Waals surface area contributed by atoms with Gasteiger partial charge in [-0.25, -0.2) is 0 Å². The standard InChI is InChI=1S/C21H30N4O2/c1-13-5-16-7-17(6-13)9-21(4,8-16)20(26)23-18-10-22-25(11-18)12-19-14(2)24-27-15(19)3/h10-11,13,16-17H,5-9,12H2,1-4H3,(H,23,26). The van der Waals surface area contributed by atoms with Crippen molar-refractivity contribution in [3.63, 3.8) is 0 Å². The third-order valence-electron chi connectivity index (χ3n) is 6.56. The maximum atomic E-state index is 13.1. The van der Waals surface area contributed by atoms with Crippen molar-refractivity contribution in [2.75, 3.05) is 5.32 Å². The Kier molecular flexibility index (Phi) is 4.60. The summed E-state index contributed by atoms with van der Waals surface area (Å²) in [4.78, 5) is 13.1. The fraction of sp³-hybridized carbons (Fsp3) is 0.667. The molecule has 2 aliphatic rings. The minimum Gasteiger partial charge on any atom is -0.361 e. The minimum absolute atomic E-state index is 0.142. The van der Waals surface area contributed by atoms with Gasteiger partial charge in [-0.3, -0.25) is 9.48 Å². The van der Waals surface area contributed by atoms with Crippen LogP contribution < -0.4 is 5.32 Å². The summed E-state index contributed by atoms with van der Waals surface area (Å²) < 4.78 is 7.04. The summed E-state index contributed by atoms with van der Waals surface area (Å²) >= 11 is 0. The number of anilines is 1. The fourth-order valence-corrected chi connectivity index (χ4v) is 5.46. The van der Waals surface area contributed by atoms with Gasteiger partial charge in [0.05, 0.1) is 24.1 Å². The Morgan fingerprint density at radius 3 is 2.63 bits per heavy atom. The molecule has 0 spiro atoms. The number of hydrogen-bond donors (Lipinski definition) is 1. The maximum Gasteiger partial charge on any atom is 0.230 e. The van der Waals surface area contributed by atoms with Crippen LogP contribution in [0.15, 0.2) is 16.9 Å². The van der Waals surface area contributed by atoms with E-state index in [-0.39, 0.29) is 11.3 Å². The first kappa shape index (κ1) is 18.3. The van der Waals surface area contributed by atoms with E-state index in [1.165, 1.54) is 19.3 Å². The van der Waals surface area contributed by atoms with Crippen molar-refractivity contribution in [3.8, 4) is 0 Å². The number of carbonyl (C=O) groups is 1. The molecule has 6 nitrogen and oxygen atoms in total. The van der Waals surface area contributed by atoms with Gasteiger partial charge >= 0.3 is 0 Å². The lowest BCUT2D eigenvalue weighted by molar-refractivity contribution is -0.129. The molecule has 0 saturated heterocycles. The van der Waals surface area contributed by atoms with Crippen LogP contribution in [0.25, 0.3) is 0 Å². The predicted molar refractivity (Wildman–Crippen MR) is 103 cm³/mol. The second-order valence-electron chi connectivity index (χ2n) is 9.20. The third-order valence-corrected chi connectivity index (χ3v) is 6.56. The van der Waals surface area contributed by atoms with Gasteiger partial charge < -0.3 is 9.84 Å². The predicted octanol–water partition coefficient (Wildman–Crippen LogP) is 4.33. The fourth-order valence-electron chi connectivity index (χ4n) is 5.46. The molecule has 2 atom stereocenters. The molecule has 0 aliphatic heterocycles. The average Bonchev–Trinajstić information content (AvgIpc) is 3.15. The van der Waals surface area contributed by atoms with E-state index in [1.807, 2.05) is 24.7 Å². The van der Waals surface area contributed by atoms with Gasteiger partial charge in [0.15, 0.2) is 0 Å².